The first-order valence-corrected chi connectivity index (χ1v) is 8.79. The van der Waals surface area contributed by atoms with Gasteiger partial charge in [0.15, 0.2) is 0 Å². The Kier molecular flexibility index (Phi) is 4.85. The molecule has 1 aliphatic heterocycles. The summed E-state index contributed by atoms with van der Waals surface area (Å²) < 4.78 is 5.31. The molecule has 0 aliphatic carbocycles. The number of amides is 1. The first-order chi connectivity index (χ1) is 13.7. The number of aromatic nitrogens is 3. The molecule has 4 rings (SSSR count). The zero-order chi connectivity index (χ0) is 19.5. The molecule has 10 nitrogen and oxygen atoms in total. The Morgan fingerprint density at radius 3 is 2.86 bits per heavy atom. The van der Waals surface area contributed by atoms with E-state index in [1.54, 1.807) is 30.1 Å². The summed E-state index contributed by atoms with van der Waals surface area (Å²) in [6, 6.07) is 6.96. The zero-order valence-corrected chi connectivity index (χ0v) is 15.2. The number of morpholine rings is 1. The van der Waals surface area contributed by atoms with Gasteiger partial charge in [-0.05, 0) is 12.1 Å². The van der Waals surface area contributed by atoms with Crippen molar-refractivity contribution in [1.29, 1.82) is 0 Å². The van der Waals surface area contributed by atoms with Crippen molar-refractivity contribution in [2.75, 3.05) is 38.7 Å². The lowest BCUT2D eigenvalue weighted by molar-refractivity contribution is 0.0301. The summed E-state index contributed by atoms with van der Waals surface area (Å²) in [6.45, 7) is 1.90. The maximum atomic E-state index is 13.0. The monoisotopic (exact) mass is 381 g/mol. The predicted molar refractivity (Wildman–Crippen MR) is 102 cm³/mol. The molecule has 0 radical (unpaired) electrons. The third kappa shape index (κ3) is 3.25. The van der Waals surface area contributed by atoms with Crippen molar-refractivity contribution in [3.8, 4) is 5.75 Å². The van der Waals surface area contributed by atoms with E-state index in [2.05, 4.69) is 30.7 Å². The second-order valence-corrected chi connectivity index (χ2v) is 6.18. The Morgan fingerprint density at radius 2 is 2.14 bits per heavy atom. The van der Waals surface area contributed by atoms with E-state index < -0.39 is 0 Å². The lowest BCUT2D eigenvalue weighted by Crippen LogP contribution is -2.40. The second kappa shape index (κ2) is 7.61. The summed E-state index contributed by atoms with van der Waals surface area (Å²) in [4.78, 5) is 18.6. The maximum absolute atomic E-state index is 13.0. The third-order valence-electron chi connectivity index (χ3n) is 4.56. The molecule has 2 heterocycles. The molecule has 10 heteroatoms. The van der Waals surface area contributed by atoms with E-state index in [1.165, 1.54) is 6.33 Å². The van der Waals surface area contributed by atoms with Crippen molar-refractivity contribution in [2.24, 2.45) is 10.2 Å². The number of nitrogens with one attached hydrogen (secondary N) is 2. The van der Waals surface area contributed by atoms with E-state index in [-0.39, 0.29) is 23.2 Å². The van der Waals surface area contributed by atoms with Gasteiger partial charge in [0.05, 0.1) is 24.5 Å². The Labute approximate surface area is 160 Å². The Balaban J connectivity index is 1.86. The number of carbonyl (C=O) groups is 1. The average molecular weight is 381 g/mol. The van der Waals surface area contributed by atoms with Gasteiger partial charge in [0.25, 0.3) is 11.9 Å². The minimum absolute atomic E-state index is 0.0813. The fraction of sp³-hybridized carbons (Fsp3) is 0.278. The molecule has 28 heavy (non-hydrogen) atoms. The van der Waals surface area contributed by atoms with Gasteiger partial charge >= 0.3 is 0 Å². The molecular weight excluding hydrogens is 362 g/mol. The predicted octanol–water partition coefficient (Wildman–Crippen LogP) is 2.59. The lowest BCUT2D eigenvalue weighted by atomic mass is 10.0. The van der Waals surface area contributed by atoms with Gasteiger partial charge in [-0.15, -0.1) is 10.2 Å². The van der Waals surface area contributed by atoms with Crippen LogP contribution < -0.4 is 5.32 Å². The third-order valence-corrected chi connectivity index (χ3v) is 4.56. The van der Waals surface area contributed by atoms with Crippen LogP contribution in [0.25, 0.3) is 10.8 Å². The highest BCUT2D eigenvalue weighted by atomic mass is 16.5. The molecular formula is C18H19N7O3. The number of azo groups is 1. The topological polar surface area (TPSA) is 128 Å². The number of fused-ring (bicyclic) bond motifs is 1. The van der Waals surface area contributed by atoms with Crippen molar-refractivity contribution < 1.29 is 14.6 Å². The number of aromatic hydroxyl groups is 1. The Morgan fingerprint density at radius 1 is 1.32 bits per heavy atom. The van der Waals surface area contributed by atoms with Crippen LogP contribution in [0.4, 0.5) is 17.3 Å². The van der Waals surface area contributed by atoms with Gasteiger partial charge in [-0.25, -0.2) is 5.10 Å². The van der Waals surface area contributed by atoms with Gasteiger partial charge in [0.2, 0.25) is 0 Å². The second-order valence-electron chi connectivity index (χ2n) is 6.18. The largest absolute Gasteiger partial charge is 0.506 e. The van der Waals surface area contributed by atoms with Gasteiger partial charge in [-0.3, -0.25) is 4.79 Å². The van der Waals surface area contributed by atoms with Gasteiger partial charge in [0, 0.05) is 36.6 Å². The van der Waals surface area contributed by atoms with Crippen LogP contribution in [-0.2, 0) is 4.74 Å². The van der Waals surface area contributed by atoms with Crippen LogP contribution in [0.1, 0.15) is 10.4 Å². The molecule has 1 saturated heterocycles. The van der Waals surface area contributed by atoms with Crippen LogP contribution in [0.15, 0.2) is 40.8 Å². The van der Waals surface area contributed by atoms with Gasteiger partial charge in [0.1, 0.15) is 12.1 Å². The summed E-state index contributed by atoms with van der Waals surface area (Å²) in [5.74, 6) is -0.111. The van der Waals surface area contributed by atoms with E-state index >= 15 is 0 Å². The number of H-pyrrole nitrogens is 1. The van der Waals surface area contributed by atoms with Crippen LogP contribution in [-0.4, -0.2) is 64.4 Å². The van der Waals surface area contributed by atoms with E-state index in [0.717, 1.165) is 5.69 Å². The molecule has 1 fully saturated rings. The smallest absolute Gasteiger partial charge is 0.264 e. The molecule has 144 valence electrons. The highest BCUT2D eigenvalue weighted by molar-refractivity contribution is 6.11. The fourth-order valence-corrected chi connectivity index (χ4v) is 3.18. The summed E-state index contributed by atoms with van der Waals surface area (Å²) in [5.41, 5.74) is 1.37. The number of phenols is 1. The molecule has 3 aromatic rings. The Hall–Kier alpha value is -3.53. The first-order valence-electron chi connectivity index (χ1n) is 8.79. The zero-order valence-electron chi connectivity index (χ0n) is 15.2. The maximum Gasteiger partial charge on any atom is 0.264 e. The van der Waals surface area contributed by atoms with Crippen molar-refractivity contribution >= 4 is 34.0 Å². The van der Waals surface area contributed by atoms with Crippen molar-refractivity contribution in [1.82, 2.24) is 20.1 Å². The highest BCUT2D eigenvalue weighted by Gasteiger charge is 2.24. The number of hydrogen-bond donors (Lipinski definition) is 3. The van der Waals surface area contributed by atoms with Crippen LogP contribution in [0.5, 0.6) is 5.75 Å². The number of nitrogens with zero attached hydrogens (tertiary/aromatic N) is 5. The molecule has 0 unspecified atom stereocenters. The minimum Gasteiger partial charge on any atom is -0.506 e. The van der Waals surface area contributed by atoms with E-state index in [1.807, 2.05) is 6.07 Å². The van der Waals surface area contributed by atoms with Crippen LogP contribution >= 0.6 is 0 Å². The van der Waals surface area contributed by atoms with E-state index in [9.17, 15) is 9.90 Å². The van der Waals surface area contributed by atoms with E-state index in [0.29, 0.717) is 42.8 Å². The number of carbonyl (C=O) groups excluding carboxylic acids is 1. The lowest BCUT2D eigenvalue weighted by Gasteiger charge is -2.27. The standard InChI is InChI=1S/C18H19N7O3/c1-19-13-4-2-3-11-15(13)14(22-24-18-20-10-21-23-18)9-12(16(11)26)17(27)25-5-7-28-8-6-25/h2-4,9-10,19,26H,5-8H2,1H3,(H,20,21,23). The molecule has 0 spiro atoms. The van der Waals surface area contributed by atoms with Gasteiger partial charge in [-0.1, -0.05) is 12.1 Å². The van der Waals surface area contributed by atoms with Gasteiger partial charge in [-0.2, -0.15) is 10.1 Å². The summed E-state index contributed by atoms with van der Waals surface area (Å²) in [5, 5.41) is 29.7. The molecule has 0 bridgehead atoms. The molecule has 1 amide bonds. The molecule has 0 atom stereocenters. The van der Waals surface area contributed by atoms with Crippen LogP contribution in [0, 0.1) is 0 Å². The molecule has 1 aromatic heterocycles. The Bertz CT molecular complexity index is 1030. The van der Waals surface area contributed by atoms with E-state index in [4.69, 9.17) is 4.74 Å². The fourth-order valence-electron chi connectivity index (χ4n) is 3.18. The average Bonchev–Trinajstić information content (AvgIpc) is 3.27. The molecule has 0 saturated carbocycles. The number of benzene rings is 2. The number of phenolic OH excluding ortho intramolecular Hbond substituents is 1. The number of ether oxygens (including phenoxy) is 1. The number of rotatable bonds is 4. The van der Waals surface area contributed by atoms with Crippen molar-refractivity contribution in [2.45, 2.75) is 0 Å². The number of hydrogen-bond acceptors (Lipinski definition) is 8. The van der Waals surface area contributed by atoms with Crippen molar-refractivity contribution in [3.05, 3.63) is 36.2 Å². The van der Waals surface area contributed by atoms with Crippen LogP contribution in [0.2, 0.25) is 0 Å². The normalized spacial score (nSPS) is 14.7. The highest BCUT2D eigenvalue weighted by Crippen LogP contribution is 2.41. The SMILES string of the molecule is CNc1cccc2c(O)c(C(=O)N3CCOCC3)cc(N=Nc3ncn[nH]3)c12. The molecule has 1 aliphatic rings. The van der Waals surface area contributed by atoms with Gasteiger partial charge < -0.3 is 20.1 Å². The van der Waals surface area contributed by atoms with Crippen molar-refractivity contribution in [3.63, 3.8) is 0 Å². The quantitative estimate of drug-likeness (QED) is 0.596. The van der Waals surface area contributed by atoms with Crippen LogP contribution in [0.3, 0.4) is 0 Å². The first kappa shape index (κ1) is 17.9. The minimum atomic E-state index is -0.270. The number of anilines is 1. The summed E-state index contributed by atoms with van der Waals surface area (Å²) >= 11 is 0. The number of aromatic amines is 1. The summed E-state index contributed by atoms with van der Waals surface area (Å²) in [6.07, 6.45) is 1.33. The molecule has 2 aromatic carbocycles. The molecule has 3 N–H and O–H groups in total. The summed E-state index contributed by atoms with van der Waals surface area (Å²) in [7, 11) is 1.77.